The average molecular weight is 886 g/mol. The summed E-state index contributed by atoms with van der Waals surface area (Å²) >= 11 is 0. The lowest BCUT2D eigenvalue weighted by atomic mass is 10.0. The molecule has 0 aromatic rings. The maximum Gasteiger partial charge on any atom is 0.306 e. The molecule has 0 N–H and O–H groups in total. The van der Waals surface area contributed by atoms with Crippen LogP contribution in [-0.4, -0.2) is 82.3 Å². The largest absolute Gasteiger partial charge is 0.545 e. The van der Waals surface area contributed by atoms with Crippen molar-refractivity contribution in [2.45, 2.75) is 219 Å². The van der Waals surface area contributed by atoms with Gasteiger partial charge in [-0.3, -0.25) is 9.59 Å². The minimum Gasteiger partial charge on any atom is -0.545 e. The van der Waals surface area contributed by atoms with E-state index in [0.717, 1.165) is 89.9 Å². The summed E-state index contributed by atoms with van der Waals surface area (Å²) in [6.07, 6.45) is 52.6. The Bertz CT molecular complexity index is 1220. The van der Waals surface area contributed by atoms with E-state index in [0.29, 0.717) is 17.4 Å². The molecule has 0 rings (SSSR count). The van der Waals surface area contributed by atoms with Crippen molar-refractivity contribution in [3.63, 3.8) is 0 Å². The number of ether oxygens (including phenoxy) is 4. The molecule has 0 radical (unpaired) electrons. The first-order valence-electron chi connectivity index (χ1n) is 25.4. The summed E-state index contributed by atoms with van der Waals surface area (Å²) in [5.74, 6) is -2.31. The molecule has 9 heteroatoms. The van der Waals surface area contributed by atoms with Gasteiger partial charge in [0.05, 0.1) is 40.3 Å². The van der Waals surface area contributed by atoms with Crippen LogP contribution in [0.25, 0.3) is 0 Å². The van der Waals surface area contributed by atoms with Gasteiger partial charge in [0.15, 0.2) is 12.4 Å². The Labute approximate surface area is 386 Å². The third-order valence-electron chi connectivity index (χ3n) is 10.7. The van der Waals surface area contributed by atoms with Crippen LogP contribution in [0, 0.1) is 0 Å². The van der Waals surface area contributed by atoms with Crippen molar-refractivity contribution >= 4 is 17.9 Å². The summed E-state index contributed by atoms with van der Waals surface area (Å²) in [7, 11) is 5.90. The molecule has 0 saturated heterocycles. The van der Waals surface area contributed by atoms with Crippen LogP contribution in [0.2, 0.25) is 0 Å². The molecular weight excluding hydrogens is 791 g/mol. The molecule has 0 spiro atoms. The van der Waals surface area contributed by atoms with E-state index in [1.807, 2.05) is 21.1 Å². The van der Waals surface area contributed by atoms with E-state index in [-0.39, 0.29) is 38.6 Å². The number of hydrogen-bond acceptors (Lipinski definition) is 8. The van der Waals surface area contributed by atoms with Gasteiger partial charge < -0.3 is 33.3 Å². The predicted molar refractivity (Wildman–Crippen MR) is 260 cm³/mol. The molecule has 0 fully saturated rings. The molecule has 0 aliphatic rings. The van der Waals surface area contributed by atoms with Gasteiger partial charge in [-0.2, -0.15) is 0 Å². The van der Waals surface area contributed by atoms with E-state index in [1.165, 1.54) is 83.5 Å². The number of quaternary nitrogens is 1. The van der Waals surface area contributed by atoms with E-state index in [2.05, 4.69) is 74.6 Å². The van der Waals surface area contributed by atoms with Crippen molar-refractivity contribution in [3.05, 3.63) is 60.8 Å². The molecule has 9 nitrogen and oxygen atoms in total. The lowest BCUT2D eigenvalue weighted by Gasteiger charge is -2.26. The first-order chi connectivity index (χ1) is 30.6. The average Bonchev–Trinajstić information content (AvgIpc) is 3.24. The summed E-state index contributed by atoms with van der Waals surface area (Å²) in [5, 5.41) is 11.7. The van der Waals surface area contributed by atoms with Crippen LogP contribution in [0.3, 0.4) is 0 Å². The minimum absolute atomic E-state index is 0.142. The highest BCUT2D eigenvalue weighted by Crippen LogP contribution is 2.14. The van der Waals surface area contributed by atoms with Crippen molar-refractivity contribution in [3.8, 4) is 0 Å². The number of aliphatic carboxylic acids is 1. The molecule has 0 amide bonds. The first-order valence-corrected chi connectivity index (χ1v) is 25.4. The van der Waals surface area contributed by atoms with Gasteiger partial charge in [0.1, 0.15) is 13.2 Å². The monoisotopic (exact) mass is 886 g/mol. The molecule has 0 saturated carbocycles. The predicted octanol–water partition coefficient (Wildman–Crippen LogP) is 12.8. The Morgan fingerprint density at radius 2 is 0.889 bits per heavy atom. The highest BCUT2D eigenvalue weighted by molar-refractivity contribution is 5.70. The molecule has 0 aromatic heterocycles. The first kappa shape index (κ1) is 60.0. The van der Waals surface area contributed by atoms with Crippen molar-refractivity contribution in [2.75, 3.05) is 47.5 Å². The van der Waals surface area contributed by atoms with Crippen LogP contribution in [0.1, 0.15) is 206 Å². The maximum absolute atomic E-state index is 12.8. The Morgan fingerprint density at radius 1 is 0.476 bits per heavy atom. The van der Waals surface area contributed by atoms with Crippen molar-refractivity contribution in [1.29, 1.82) is 0 Å². The van der Waals surface area contributed by atoms with Crippen LogP contribution in [0.15, 0.2) is 60.8 Å². The van der Waals surface area contributed by atoms with E-state index in [9.17, 15) is 19.5 Å². The maximum atomic E-state index is 12.8. The number of carboxylic acid groups (broad SMARTS) is 1. The zero-order chi connectivity index (χ0) is 46.3. The number of unbranched alkanes of at least 4 members (excludes halogenated alkanes) is 21. The van der Waals surface area contributed by atoms with Crippen molar-refractivity contribution < 1.29 is 42.9 Å². The number of rotatable bonds is 46. The highest BCUT2D eigenvalue weighted by Gasteiger charge is 2.21. The number of nitrogens with zero attached hydrogens (tertiary/aromatic N) is 1. The third-order valence-corrected chi connectivity index (χ3v) is 10.7. The van der Waals surface area contributed by atoms with Gasteiger partial charge in [0.25, 0.3) is 0 Å². The molecule has 0 bridgehead atoms. The molecule has 2 unspecified atom stereocenters. The number of carbonyl (C=O) groups excluding carboxylic acids is 3. The van der Waals surface area contributed by atoms with E-state index < -0.39 is 24.3 Å². The topological polar surface area (TPSA) is 111 Å². The van der Waals surface area contributed by atoms with Gasteiger partial charge in [-0.05, 0) is 77.0 Å². The fraction of sp³-hybridized carbons (Fsp3) is 0.759. The second kappa shape index (κ2) is 45.6. The fourth-order valence-corrected chi connectivity index (χ4v) is 6.76. The van der Waals surface area contributed by atoms with Crippen LogP contribution in [-0.2, 0) is 33.3 Å². The van der Waals surface area contributed by atoms with Crippen LogP contribution in [0.5, 0.6) is 0 Å². The molecule has 364 valence electrons. The summed E-state index contributed by atoms with van der Waals surface area (Å²) in [5.41, 5.74) is 0. The quantitative estimate of drug-likeness (QED) is 0.0195. The van der Waals surface area contributed by atoms with Gasteiger partial charge in [-0.15, -0.1) is 0 Å². The van der Waals surface area contributed by atoms with Crippen molar-refractivity contribution in [1.82, 2.24) is 0 Å². The Kier molecular flexibility index (Phi) is 43.4. The number of carbonyl (C=O) groups is 3. The van der Waals surface area contributed by atoms with Crippen LogP contribution in [0.4, 0.5) is 0 Å². The number of likely N-dealkylation sites (N-methyl/N-ethyl adjacent to an activating group) is 1. The smallest absolute Gasteiger partial charge is 0.306 e. The standard InChI is InChI=1S/C54H95NO8/c1-6-8-10-12-14-16-18-20-21-22-23-24-25-26-27-28-29-30-31-33-35-37-39-41-43-45-52(57)63-50(49-62-54(53(58)59)60-47-46-55(3,4)5)48-61-51(56)44-42-40-38-36-34-32-19-17-15-13-11-9-7-2/h11,13,17-20,22-23,25-26,50,54H,6-10,12,14-16,21,24,27-49H2,1-5H3/b13-11-,19-17-,20-18-,23-22-,26-25-. The van der Waals surface area contributed by atoms with Crippen molar-refractivity contribution in [2.24, 2.45) is 0 Å². The minimum atomic E-state index is -1.63. The zero-order valence-electron chi connectivity index (χ0n) is 41.2. The van der Waals surface area contributed by atoms with E-state index >= 15 is 0 Å². The normalized spacial score (nSPS) is 13.3. The third kappa shape index (κ3) is 46.8. The second-order valence-electron chi connectivity index (χ2n) is 18.1. The summed E-state index contributed by atoms with van der Waals surface area (Å²) in [6.45, 7) is 4.64. The summed E-state index contributed by atoms with van der Waals surface area (Å²) in [4.78, 5) is 37.1. The SMILES string of the molecule is CCC/C=C\C/C=C\CCCCCCCC(=O)OCC(COC(OCC[N+](C)(C)C)C(=O)[O-])OC(=O)CCCCCCCCCCCC/C=C\C/C=C\C/C=C\CCCCCCC. The van der Waals surface area contributed by atoms with Gasteiger partial charge in [-0.25, -0.2) is 0 Å². The molecule has 63 heavy (non-hydrogen) atoms. The number of allylic oxidation sites excluding steroid dienone is 10. The Balaban J connectivity index is 4.31. The molecule has 2 atom stereocenters. The Hall–Kier alpha value is -3.01. The molecule has 0 aliphatic carbocycles. The van der Waals surface area contributed by atoms with E-state index in [1.54, 1.807) is 0 Å². The van der Waals surface area contributed by atoms with Crippen LogP contribution < -0.4 is 5.11 Å². The molecule has 0 aromatic carbocycles. The second-order valence-corrected chi connectivity index (χ2v) is 18.1. The molecule has 0 aliphatic heterocycles. The molecular formula is C54H95NO8. The van der Waals surface area contributed by atoms with Gasteiger partial charge in [0, 0.05) is 12.8 Å². The summed E-state index contributed by atoms with van der Waals surface area (Å²) < 4.78 is 22.6. The Morgan fingerprint density at radius 3 is 1.33 bits per heavy atom. The lowest BCUT2D eigenvalue weighted by Crippen LogP contribution is -2.44. The molecule has 0 heterocycles. The van der Waals surface area contributed by atoms with E-state index in [4.69, 9.17) is 18.9 Å². The van der Waals surface area contributed by atoms with Gasteiger partial charge in [0.2, 0.25) is 0 Å². The summed E-state index contributed by atoms with van der Waals surface area (Å²) in [6, 6.07) is 0. The van der Waals surface area contributed by atoms with Gasteiger partial charge in [-0.1, -0.05) is 177 Å². The zero-order valence-corrected chi connectivity index (χ0v) is 41.2. The van der Waals surface area contributed by atoms with Crippen LogP contribution >= 0.6 is 0 Å². The highest BCUT2D eigenvalue weighted by atomic mass is 16.7. The lowest BCUT2D eigenvalue weighted by molar-refractivity contribution is -0.870. The van der Waals surface area contributed by atoms with Gasteiger partial charge >= 0.3 is 11.9 Å². The number of carboxylic acids is 1. The fourth-order valence-electron chi connectivity index (χ4n) is 6.76. The number of esters is 2. The number of hydrogen-bond donors (Lipinski definition) is 0.